The van der Waals surface area contributed by atoms with E-state index in [2.05, 4.69) is 16.6 Å². The van der Waals surface area contributed by atoms with Crippen LogP contribution in [0.5, 0.6) is 0 Å². The molecule has 7 heteroatoms. The molecule has 5 nitrogen and oxygen atoms in total. The van der Waals surface area contributed by atoms with Crippen molar-refractivity contribution in [3.05, 3.63) is 21.9 Å². The molecule has 104 valence electrons. The van der Waals surface area contributed by atoms with Gasteiger partial charge in [0.25, 0.3) is 10.2 Å². The zero-order chi connectivity index (χ0) is 13.9. The Labute approximate surface area is 118 Å². The molecule has 1 aliphatic rings. The second kappa shape index (κ2) is 6.03. The van der Waals surface area contributed by atoms with Gasteiger partial charge in [-0.2, -0.15) is 17.4 Å². The van der Waals surface area contributed by atoms with Gasteiger partial charge in [0.15, 0.2) is 0 Å². The Morgan fingerprint density at radius 2 is 2.32 bits per heavy atom. The van der Waals surface area contributed by atoms with Gasteiger partial charge in [-0.05, 0) is 29.9 Å². The second-order valence-electron chi connectivity index (χ2n) is 4.48. The molecule has 1 aromatic heterocycles. The summed E-state index contributed by atoms with van der Waals surface area (Å²) in [5, 5.41) is 1.92. The highest BCUT2D eigenvalue weighted by molar-refractivity contribution is 7.87. The van der Waals surface area contributed by atoms with E-state index in [9.17, 15) is 8.42 Å². The van der Waals surface area contributed by atoms with Crippen LogP contribution < -0.4 is 10.5 Å². The lowest BCUT2D eigenvalue weighted by molar-refractivity contribution is 0.455. The molecule has 0 atom stereocenters. The standard InChI is InChI=1S/C12H17N3O2S2/c1-15(19(16,17)14-11-4-5-11)8-10-7-12(18-9-10)3-2-6-13/h7,9,11,14H,4-6,8,13H2,1H3. The van der Waals surface area contributed by atoms with Gasteiger partial charge in [-0.3, -0.25) is 0 Å². The summed E-state index contributed by atoms with van der Waals surface area (Å²) in [6, 6.07) is 2.03. The number of thiophene rings is 1. The fourth-order valence-electron chi connectivity index (χ4n) is 1.51. The molecule has 3 N–H and O–H groups in total. The Balaban J connectivity index is 1.97. The van der Waals surface area contributed by atoms with Crippen LogP contribution in [0, 0.1) is 11.8 Å². The fourth-order valence-corrected chi connectivity index (χ4v) is 3.43. The van der Waals surface area contributed by atoms with E-state index in [1.54, 1.807) is 7.05 Å². The number of hydrogen-bond donors (Lipinski definition) is 2. The van der Waals surface area contributed by atoms with E-state index in [-0.39, 0.29) is 6.04 Å². The zero-order valence-corrected chi connectivity index (χ0v) is 12.4. The maximum atomic E-state index is 11.9. The predicted octanol–water partition coefficient (Wildman–Crippen LogP) is 0.487. The van der Waals surface area contributed by atoms with Gasteiger partial charge in [0, 0.05) is 19.6 Å². The van der Waals surface area contributed by atoms with Gasteiger partial charge < -0.3 is 5.73 Å². The minimum atomic E-state index is -3.37. The maximum absolute atomic E-state index is 11.9. The van der Waals surface area contributed by atoms with E-state index >= 15 is 0 Å². The molecule has 1 aliphatic carbocycles. The lowest BCUT2D eigenvalue weighted by Gasteiger charge is -2.16. The molecule has 0 unspecified atom stereocenters. The average Bonchev–Trinajstić information content (AvgIpc) is 3.04. The molecule has 19 heavy (non-hydrogen) atoms. The summed E-state index contributed by atoms with van der Waals surface area (Å²) >= 11 is 1.50. The predicted molar refractivity (Wildman–Crippen MR) is 76.8 cm³/mol. The number of nitrogens with two attached hydrogens (primary N) is 1. The molecule has 1 saturated carbocycles. The summed E-state index contributed by atoms with van der Waals surface area (Å²) < 4.78 is 27.9. The first-order valence-corrected chi connectivity index (χ1v) is 8.33. The smallest absolute Gasteiger partial charge is 0.279 e. The van der Waals surface area contributed by atoms with Crippen LogP contribution in [0.4, 0.5) is 0 Å². The van der Waals surface area contributed by atoms with Crippen molar-refractivity contribution in [2.75, 3.05) is 13.6 Å². The van der Waals surface area contributed by atoms with Crippen molar-refractivity contribution in [2.45, 2.75) is 25.4 Å². The van der Waals surface area contributed by atoms with Crippen LogP contribution in [-0.2, 0) is 16.8 Å². The third kappa shape index (κ3) is 4.30. The van der Waals surface area contributed by atoms with Crippen LogP contribution in [0.25, 0.3) is 0 Å². The largest absolute Gasteiger partial charge is 0.320 e. The van der Waals surface area contributed by atoms with Crippen molar-refractivity contribution in [1.82, 2.24) is 9.03 Å². The minimum Gasteiger partial charge on any atom is -0.320 e. The van der Waals surface area contributed by atoms with Crippen LogP contribution >= 0.6 is 11.3 Å². The summed E-state index contributed by atoms with van der Waals surface area (Å²) in [7, 11) is -1.79. The molecule has 0 aliphatic heterocycles. The second-order valence-corrected chi connectivity index (χ2v) is 7.20. The first kappa shape index (κ1) is 14.5. The van der Waals surface area contributed by atoms with Gasteiger partial charge >= 0.3 is 0 Å². The normalized spacial score (nSPS) is 15.3. The Hall–Kier alpha value is -0.910. The highest BCUT2D eigenvalue weighted by Crippen LogP contribution is 2.21. The molecular formula is C12H17N3O2S2. The molecule has 0 amide bonds. The lowest BCUT2D eigenvalue weighted by Crippen LogP contribution is -2.38. The molecular weight excluding hydrogens is 282 g/mol. The number of nitrogens with one attached hydrogen (secondary N) is 1. The topological polar surface area (TPSA) is 75.4 Å². The quantitative estimate of drug-likeness (QED) is 0.777. The van der Waals surface area contributed by atoms with Crippen molar-refractivity contribution in [3.8, 4) is 11.8 Å². The van der Waals surface area contributed by atoms with E-state index in [1.807, 2.05) is 11.4 Å². The first-order chi connectivity index (χ1) is 9.01. The number of hydrogen-bond acceptors (Lipinski definition) is 4. The maximum Gasteiger partial charge on any atom is 0.279 e. The van der Waals surface area contributed by atoms with Gasteiger partial charge in [0.05, 0.1) is 11.4 Å². The molecule has 0 radical (unpaired) electrons. The van der Waals surface area contributed by atoms with Crippen molar-refractivity contribution in [1.29, 1.82) is 0 Å². The van der Waals surface area contributed by atoms with Crippen LogP contribution in [-0.4, -0.2) is 32.4 Å². The summed E-state index contributed by atoms with van der Waals surface area (Å²) in [4.78, 5) is 0.904. The number of nitrogens with zero attached hydrogens (tertiary/aromatic N) is 1. The molecule has 2 rings (SSSR count). The molecule has 0 saturated heterocycles. The van der Waals surface area contributed by atoms with Crippen molar-refractivity contribution in [3.63, 3.8) is 0 Å². The van der Waals surface area contributed by atoms with E-state index in [1.165, 1.54) is 15.6 Å². The van der Waals surface area contributed by atoms with E-state index in [0.717, 1.165) is 23.3 Å². The Kier molecular flexibility index (Phi) is 4.60. The lowest BCUT2D eigenvalue weighted by atomic mass is 10.3. The van der Waals surface area contributed by atoms with Crippen molar-refractivity contribution in [2.24, 2.45) is 5.73 Å². The summed E-state index contributed by atoms with van der Waals surface area (Å²) in [5.74, 6) is 5.72. The van der Waals surface area contributed by atoms with Crippen molar-refractivity contribution >= 4 is 21.5 Å². The third-order valence-electron chi connectivity index (χ3n) is 2.68. The highest BCUT2D eigenvalue weighted by Gasteiger charge is 2.29. The van der Waals surface area contributed by atoms with E-state index in [0.29, 0.717) is 13.1 Å². The van der Waals surface area contributed by atoms with Crippen LogP contribution in [0.1, 0.15) is 23.3 Å². The minimum absolute atomic E-state index is 0.126. The zero-order valence-electron chi connectivity index (χ0n) is 10.7. The molecule has 0 spiro atoms. The van der Waals surface area contributed by atoms with E-state index in [4.69, 9.17) is 5.73 Å². The Bertz CT molecular complexity index is 594. The number of rotatable bonds is 5. The Morgan fingerprint density at radius 3 is 2.95 bits per heavy atom. The molecule has 0 bridgehead atoms. The summed E-state index contributed by atoms with van der Waals surface area (Å²) in [6.45, 7) is 0.676. The molecule has 1 aromatic rings. The van der Waals surface area contributed by atoms with Gasteiger partial charge in [-0.1, -0.05) is 11.8 Å². The average molecular weight is 299 g/mol. The van der Waals surface area contributed by atoms with Crippen molar-refractivity contribution < 1.29 is 8.42 Å². The summed E-state index contributed by atoms with van der Waals surface area (Å²) in [5.41, 5.74) is 6.25. The van der Waals surface area contributed by atoms with Gasteiger partial charge in [-0.25, -0.2) is 0 Å². The molecule has 1 fully saturated rings. The third-order valence-corrected chi connectivity index (χ3v) is 5.15. The summed E-state index contributed by atoms with van der Waals surface area (Å²) in [6.07, 6.45) is 1.87. The van der Waals surface area contributed by atoms with Crippen LogP contribution in [0.3, 0.4) is 0 Å². The molecule has 0 aromatic carbocycles. The monoisotopic (exact) mass is 299 g/mol. The van der Waals surface area contributed by atoms with Crippen LogP contribution in [0.15, 0.2) is 11.4 Å². The Morgan fingerprint density at radius 1 is 1.58 bits per heavy atom. The first-order valence-electron chi connectivity index (χ1n) is 6.01. The highest BCUT2D eigenvalue weighted by atomic mass is 32.2. The SMILES string of the molecule is CN(Cc1csc(C#CCN)c1)S(=O)(=O)NC1CC1. The van der Waals surface area contributed by atoms with Gasteiger partial charge in [-0.15, -0.1) is 11.3 Å². The van der Waals surface area contributed by atoms with Gasteiger partial charge in [0.1, 0.15) is 0 Å². The van der Waals surface area contributed by atoms with Gasteiger partial charge in [0.2, 0.25) is 0 Å². The van der Waals surface area contributed by atoms with E-state index < -0.39 is 10.2 Å². The molecule has 1 heterocycles. The van der Waals surface area contributed by atoms with Crippen LogP contribution in [0.2, 0.25) is 0 Å². The fraction of sp³-hybridized carbons (Fsp3) is 0.500.